The molecule has 0 radical (unpaired) electrons. The van der Waals surface area contributed by atoms with Gasteiger partial charge < -0.3 is 10.6 Å². The van der Waals surface area contributed by atoms with Gasteiger partial charge in [-0.1, -0.05) is 22.9 Å². The summed E-state index contributed by atoms with van der Waals surface area (Å²) in [5.74, 6) is -0.565. The summed E-state index contributed by atoms with van der Waals surface area (Å²) in [4.78, 5) is 12.0. The Labute approximate surface area is 157 Å². The van der Waals surface area contributed by atoms with E-state index in [1.54, 1.807) is 24.3 Å². The lowest BCUT2D eigenvalue weighted by molar-refractivity contribution is -0.137. The van der Waals surface area contributed by atoms with Gasteiger partial charge in [0, 0.05) is 11.4 Å². The van der Waals surface area contributed by atoms with E-state index in [1.807, 2.05) is 0 Å². The van der Waals surface area contributed by atoms with Crippen LogP contribution in [0.3, 0.4) is 0 Å². The van der Waals surface area contributed by atoms with Gasteiger partial charge >= 0.3 is 6.18 Å². The predicted molar refractivity (Wildman–Crippen MR) is 96.4 cm³/mol. The summed E-state index contributed by atoms with van der Waals surface area (Å²) >= 11 is 5.54. The predicted octanol–water partition coefficient (Wildman–Crippen LogP) is 4.77. The molecule has 2 aromatic carbocycles. The van der Waals surface area contributed by atoms with E-state index in [2.05, 4.69) is 15.9 Å². The van der Waals surface area contributed by atoms with Crippen LogP contribution in [-0.2, 0) is 11.0 Å². The Morgan fingerprint density at radius 2 is 1.96 bits per heavy atom. The second-order valence-corrected chi connectivity index (χ2v) is 5.63. The molecule has 0 aromatic heterocycles. The maximum atomic E-state index is 12.8. The van der Waals surface area contributed by atoms with Gasteiger partial charge in [-0.3, -0.25) is 10.2 Å². The Hall–Kier alpha value is -3.14. The first-order valence-electron chi connectivity index (χ1n) is 7.42. The van der Waals surface area contributed by atoms with Crippen molar-refractivity contribution in [2.45, 2.75) is 6.18 Å². The van der Waals surface area contributed by atoms with Crippen LogP contribution in [0.25, 0.3) is 0 Å². The van der Waals surface area contributed by atoms with Gasteiger partial charge in [-0.25, -0.2) is 5.01 Å². The highest BCUT2D eigenvalue weighted by Crippen LogP contribution is 2.36. The summed E-state index contributed by atoms with van der Waals surface area (Å²) in [6.45, 7) is -0.212. The van der Waals surface area contributed by atoms with Gasteiger partial charge in [0.05, 0.1) is 22.8 Å². The number of carbonyl (C=O) groups excluding carboxylic acids is 1. The van der Waals surface area contributed by atoms with Gasteiger partial charge in [0.25, 0.3) is 0 Å². The Morgan fingerprint density at radius 1 is 1.22 bits per heavy atom. The van der Waals surface area contributed by atoms with Crippen LogP contribution < -0.4 is 15.6 Å². The molecule has 1 amide bonds. The Balaban J connectivity index is 2.02. The average Bonchev–Trinajstić information content (AvgIpc) is 2.62. The third-order valence-corrected chi connectivity index (χ3v) is 3.68. The van der Waals surface area contributed by atoms with Crippen LogP contribution in [0, 0.1) is 10.9 Å². The minimum Gasteiger partial charge on any atom is -0.376 e. The molecule has 0 aliphatic heterocycles. The standard InChI is InChI=1S/C16H14ClF3N6O/c17-14-5-4-11(7-13(14)16(18,19)20)24-15(27)8-23-10-2-1-3-12(6-10)26(9-21)25-22/h1-7,9,21-23H,8H2,(H,24,27). The highest BCUT2D eigenvalue weighted by molar-refractivity contribution is 6.31. The molecule has 0 atom stereocenters. The van der Waals surface area contributed by atoms with E-state index in [9.17, 15) is 18.0 Å². The van der Waals surface area contributed by atoms with Gasteiger partial charge in [-0.2, -0.15) is 18.7 Å². The fraction of sp³-hybridized carbons (Fsp3) is 0.125. The Kier molecular flexibility index (Phi) is 6.35. The highest BCUT2D eigenvalue weighted by Gasteiger charge is 2.33. The minimum atomic E-state index is -4.62. The molecule has 0 heterocycles. The number of amides is 1. The van der Waals surface area contributed by atoms with Crippen LogP contribution >= 0.6 is 11.6 Å². The molecule has 0 bridgehead atoms. The SMILES string of the molecule is N=CN(N=N)c1cccc(NCC(=O)Nc2ccc(Cl)c(C(F)(F)F)c2)c1. The van der Waals surface area contributed by atoms with E-state index < -0.39 is 22.7 Å². The second kappa shape index (κ2) is 8.49. The molecular formula is C16H14ClF3N6O. The van der Waals surface area contributed by atoms with Crippen molar-refractivity contribution >= 4 is 40.9 Å². The lowest BCUT2D eigenvalue weighted by atomic mass is 10.2. The van der Waals surface area contributed by atoms with Crippen LogP contribution in [0.4, 0.5) is 30.2 Å². The lowest BCUT2D eigenvalue weighted by Gasteiger charge is -2.14. The maximum Gasteiger partial charge on any atom is 0.417 e. The number of benzene rings is 2. The van der Waals surface area contributed by atoms with Crippen molar-refractivity contribution in [3.8, 4) is 0 Å². The average molecular weight is 399 g/mol. The Bertz CT molecular complexity index is 850. The second-order valence-electron chi connectivity index (χ2n) is 5.22. The van der Waals surface area contributed by atoms with Gasteiger partial charge in [-0.05, 0) is 36.4 Å². The van der Waals surface area contributed by atoms with Gasteiger partial charge in [0.2, 0.25) is 5.91 Å². The van der Waals surface area contributed by atoms with Crippen molar-refractivity contribution in [1.29, 1.82) is 10.9 Å². The Morgan fingerprint density at radius 3 is 2.59 bits per heavy atom. The number of nitrogens with one attached hydrogen (secondary N) is 4. The van der Waals surface area contributed by atoms with Gasteiger partial charge in [0.15, 0.2) is 0 Å². The summed E-state index contributed by atoms with van der Waals surface area (Å²) in [5.41, 5.74) is 6.83. The van der Waals surface area contributed by atoms with E-state index in [4.69, 9.17) is 22.5 Å². The molecule has 2 aromatic rings. The van der Waals surface area contributed by atoms with Crippen LogP contribution in [-0.4, -0.2) is 18.8 Å². The topological polar surface area (TPSA) is 104 Å². The number of nitrogens with zero attached hydrogens (tertiary/aromatic N) is 2. The highest BCUT2D eigenvalue weighted by atomic mass is 35.5. The number of hydrogen-bond acceptors (Lipinski definition) is 5. The molecule has 27 heavy (non-hydrogen) atoms. The zero-order chi connectivity index (χ0) is 20.0. The fourth-order valence-corrected chi connectivity index (χ4v) is 2.35. The summed E-state index contributed by atoms with van der Waals surface area (Å²) < 4.78 is 38.5. The van der Waals surface area contributed by atoms with Crippen molar-refractivity contribution in [3.05, 3.63) is 53.1 Å². The van der Waals surface area contributed by atoms with E-state index in [-0.39, 0.29) is 12.2 Å². The molecule has 0 aliphatic rings. The van der Waals surface area contributed by atoms with Crippen molar-refractivity contribution < 1.29 is 18.0 Å². The zero-order valence-corrected chi connectivity index (χ0v) is 14.4. The quantitative estimate of drug-likeness (QED) is 0.234. The van der Waals surface area contributed by atoms with E-state index in [0.717, 1.165) is 23.5 Å². The monoisotopic (exact) mass is 398 g/mol. The number of alkyl halides is 3. The molecule has 0 unspecified atom stereocenters. The van der Waals surface area contributed by atoms with Crippen LogP contribution in [0.15, 0.2) is 47.7 Å². The smallest absolute Gasteiger partial charge is 0.376 e. The summed E-state index contributed by atoms with van der Waals surface area (Å²) in [7, 11) is 0. The van der Waals surface area contributed by atoms with Crippen molar-refractivity contribution in [2.24, 2.45) is 5.22 Å². The fourth-order valence-electron chi connectivity index (χ4n) is 2.13. The first kappa shape index (κ1) is 20.2. The number of anilines is 3. The molecule has 4 N–H and O–H groups in total. The molecule has 0 aliphatic carbocycles. The van der Waals surface area contributed by atoms with E-state index in [1.165, 1.54) is 6.07 Å². The van der Waals surface area contributed by atoms with Gasteiger partial charge in [0.1, 0.15) is 6.34 Å². The molecule has 0 fully saturated rings. The third-order valence-electron chi connectivity index (χ3n) is 3.35. The molecule has 0 saturated carbocycles. The number of hydrogen-bond donors (Lipinski definition) is 4. The van der Waals surface area contributed by atoms with Crippen LogP contribution in [0.2, 0.25) is 5.02 Å². The number of carbonyl (C=O) groups is 1. The summed E-state index contributed by atoms with van der Waals surface area (Å²) in [5, 5.41) is 16.0. The number of halogens is 4. The molecule has 2 rings (SSSR count). The largest absolute Gasteiger partial charge is 0.417 e. The molecule has 0 spiro atoms. The molecular weight excluding hydrogens is 385 g/mol. The van der Waals surface area contributed by atoms with Crippen molar-refractivity contribution in [1.82, 2.24) is 0 Å². The normalized spacial score (nSPS) is 10.8. The van der Waals surface area contributed by atoms with Crippen LogP contribution in [0.1, 0.15) is 5.56 Å². The molecule has 11 heteroatoms. The van der Waals surface area contributed by atoms with E-state index in [0.29, 0.717) is 11.4 Å². The first-order valence-corrected chi connectivity index (χ1v) is 7.80. The number of rotatable bonds is 7. The summed E-state index contributed by atoms with van der Waals surface area (Å²) in [6, 6.07) is 9.54. The molecule has 142 valence electrons. The first-order chi connectivity index (χ1) is 12.7. The molecule has 7 nitrogen and oxygen atoms in total. The minimum absolute atomic E-state index is 0.0322. The van der Waals surface area contributed by atoms with E-state index >= 15 is 0 Å². The van der Waals surface area contributed by atoms with Crippen LogP contribution in [0.5, 0.6) is 0 Å². The summed E-state index contributed by atoms with van der Waals surface area (Å²) in [6.07, 6.45) is -3.78. The third kappa shape index (κ3) is 5.42. The maximum absolute atomic E-state index is 12.8. The van der Waals surface area contributed by atoms with Gasteiger partial charge in [-0.15, -0.1) is 0 Å². The lowest BCUT2D eigenvalue weighted by Crippen LogP contribution is -2.22. The van der Waals surface area contributed by atoms with Crippen molar-refractivity contribution in [3.63, 3.8) is 0 Å². The van der Waals surface area contributed by atoms with Crippen molar-refractivity contribution in [2.75, 3.05) is 22.2 Å². The zero-order valence-electron chi connectivity index (χ0n) is 13.6. The molecule has 0 saturated heterocycles.